The molecular formula is C11H19N3OS. The third-order valence-electron chi connectivity index (χ3n) is 2.94. The maximum absolute atomic E-state index is 5.76. The highest BCUT2D eigenvalue weighted by atomic mass is 32.1. The largest absolute Gasteiger partial charge is 0.374 e. The van der Waals surface area contributed by atoms with Gasteiger partial charge in [0.1, 0.15) is 0 Å². The molecule has 1 aliphatic rings. The lowest BCUT2D eigenvalue weighted by atomic mass is 10.1. The Morgan fingerprint density at radius 1 is 1.75 bits per heavy atom. The Hall–Kier alpha value is -0.490. The van der Waals surface area contributed by atoms with Crippen LogP contribution in [0.3, 0.4) is 0 Å². The van der Waals surface area contributed by atoms with Crippen LogP contribution in [0.15, 0.2) is 10.9 Å². The molecule has 5 heteroatoms. The molecule has 0 bridgehead atoms. The Bertz CT molecular complexity index is 304. The van der Waals surface area contributed by atoms with E-state index in [0.29, 0.717) is 6.04 Å². The van der Waals surface area contributed by atoms with E-state index in [1.54, 1.807) is 11.3 Å². The van der Waals surface area contributed by atoms with Crippen LogP contribution in [0.2, 0.25) is 0 Å². The molecule has 1 N–H and O–H groups in total. The highest BCUT2D eigenvalue weighted by Crippen LogP contribution is 2.08. The van der Waals surface area contributed by atoms with Crippen LogP contribution in [0.5, 0.6) is 0 Å². The summed E-state index contributed by atoms with van der Waals surface area (Å²) in [4.78, 5) is 6.57. The second-order valence-electron chi connectivity index (χ2n) is 4.32. The van der Waals surface area contributed by atoms with Crippen molar-refractivity contribution < 1.29 is 4.74 Å². The van der Waals surface area contributed by atoms with E-state index in [0.717, 1.165) is 31.9 Å². The van der Waals surface area contributed by atoms with E-state index in [2.05, 4.69) is 34.6 Å². The average molecular weight is 241 g/mol. The summed E-state index contributed by atoms with van der Waals surface area (Å²) in [6, 6.07) is 0.365. The molecule has 90 valence electrons. The number of thiazole rings is 1. The quantitative estimate of drug-likeness (QED) is 0.852. The van der Waals surface area contributed by atoms with Crippen LogP contribution in [0, 0.1) is 0 Å². The monoisotopic (exact) mass is 241 g/mol. The highest BCUT2D eigenvalue weighted by molar-refractivity contribution is 7.07. The zero-order chi connectivity index (χ0) is 11.4. The Kier molecular flexibility index (Phi) is 4.29. The van der Waals surface area contributed by atoms with Gasteiger partial charge in [-0.05, 0) is 14.0 Å². The lowest BCUT2D eigenvalue weighted by Crippen LogP contribution is -2.49. The van der Waals surface area contributed by atoms with Crippen molar-refractivity contribution in [2.24, 2.45) is 0 Å². The molecule has 4 nitrogen and oxygen atoms in total. The van der Waals surface area contributed by atoms with Gasteiger partial charge in [-0.1, -0.05) is 0 Å². The number of nitrogens with one attached hydrogen (secondary N) is 1. The number of likely N-dealkylation sites (N-methyl/N-ethyl adjacent to an activating group) is 1. The summed E-state index contributed by atoms with van der Waals surface area (Å²) in [6.07, 6.45) is 0.289. The lowest BCUT2D eigenvalue weighted by Gasteiger charge is -2.34. The van der Waals surface area contributed by atoms with E-state index in [1.807, 2.05) is 5.51 Å². The summed E-state index contributed by atoms with van der Waals surface area (Å²) in [5.41, 5.74) is 2.98. The van der Waals surface area contributed by atoms with E-state index >= 15 is 0 Å². The Labute approximate surface area is 101 Å². The van der Waals surface area contributed by atoms with Crippen molar-refractivity contribution in [3.8, 4) is 0 Å². The molecule has 2 atom stereocenters. The van der Waals surface area contributed by atoms with Crippen LogP contribution < -0.4 is 5.32 Å². The predicted molar refractivity (Wildman–Crippen MR) is 65.7 cm³/mol. The van der Waals surface area contributed by atoms with Gasteiger partial charge < -0.3 is 15.0 Å². The molecule has 1 aliphatic heterocycles. The van der Waals surface area contributed by atoms with Crippen LogP contribution in [0.1, 0.15) is 12.6 Å². The molecule has 2 rings (SSSR count). The molecule has 1 aromatic rings. The number of hydrogen-bond acceptors (Lipinski definition) is 5. The Morgan fingerprint density at radius 2 is 2.62 bits per heavy atom. The number of morpholine rings is 1. The minimum absolute atomic E-state index is 0.289. The molecular weight excluding hydrogens is 222 g/mol. The van der Waals surface area contributed by atoms with Crippen LogP contribution in [-0.2, 0) is 11.3 Å². The van der Waals surface area contributed by atoms with Crippen molar-refractivity contribution >= 4 is 11.3 Å². The SMILES string of the molecule is CC(NCc1cscn1)C1CN(C)CCO1. The second kappa shape index (κ2) is 5.72. The number of nitrogens with zero attached hydrogens (tertiary/aromatic N) is 2. The molecule has 0 aromatic carbocycles. The fourth-order valence-corrected chi connectivity index (χ4v) is 2.39. The molecule has 0 radical (unpaired) electrons. The molecule has 16 heavy (non-hydrogen) atoms. The first-order valence-corrected chi connectivity index (χ1v) is 6.60. The molecule has 1 saturated heterocycles. The van der Waals surface area contributed by atoms with Gasteiger partial charge in [-0.2, -0.15) is 0 Å². The molecule has 2 heterocycles. The van der Waals surface area contributed by atoms with E-state index in [4.69, 9.17) is 4.74 Å². The van der Waals surface area contributed by atoms with Crippen LogP contribution in [-0.4, -0.2) is 48.8 Å². The Balaban J connectivity index is 1.76. The maximum atomic E-state index is 5.76. The predicted octanol–water partition coefficient (Wildman–Crippen LogP) is 0.952. The summed E-state index contributed by atoms with van der Waals surface area (Å²) in [6.45, 7) is 5.88. The van der Waals surface area contributed by atoms with E-state index in [1.165, 1.54) is 0 Å². The van der Waals surface area contributed by atoms with Crippen LogP contribution in [0.4, 0.5) is 0 Å². The van der Waals surface area contributed by atoms with Crippen molar-refractivity contribution in [2.45, 2.75) is 25.6 Å². The standard InChI is InChI=1S/C11H19N3OS/c1-9(11-6-14(2)3-4-15-11)12-5-10-7-16-8-13-10/h7-9,11-12H,3-6H2,1-2H3. The fourth-order valence-electron chi connectivity index (χ4n) is 1.84. The van der Waals surface area contributed by atoms with E-state index in [9.17, 15) is 0 Å². The van der Waals surface area contributed by atoms with Gasteiger partial charge in [0, 0.05) is 31.1 Å². The van der Waals surface area contributed by atoms with Crippen molar-refractivity contribution in [3.63, 3.8) is 0 Å². The second-order valence-corrected chi connectivity index (χ2v) is 5.04. The normalized spacial score (nSPS) is 24.5. The smallest absolute Gasteiger partial charge is 0.0852 e. The number of ether oxygens (including phenoxy) is 1. The van der Waals surface area contributed by atoms with Gasteiger partial charge in [0.15, 0.2) is 0 Å². The summed E-state index contributed by atoms with van der Waals surface area (Å²) >= 11 is 1.64. The Morgan fingerprint density at radius 3 is 3.31 bits per heavy atom. The number of rotatable bonds is 4. The lowest BCUT2D eigenvalue weighted by molar-refractivity contribution is -0.0356. The highest BCUT2D eigenvalue weighted by Gasteiger charge is 2.23. The average Bonchev–Trinajstić information content (AvgIpc) is 2.78. The first kappa shape index (κ1) is 12.0. The van der Waals surface area contributed by atoms with Gasteiger partial charge in [0.2, 0.25) is 0 Å². The summed E-state index contributed by atoms with van der Waals surface area (Å²) in [5.74, 6) is 0. The summed E-state index contributed by atoms with van der Waals surface area (Å²) < 4.78 is 5.76. The van der Waals surface area contributed by atoms with Crippen molar-refractivity contribution in [2.75, 3.05) is 26.7 Å². The van der Waals surface area contributed by atoms with Crippen LogP contribution >= 0.6 is 11.3 Å². The minimum atomic E-state index is 0.289. The third-order valence-corrected chi connectivity index (χ3v) is 3.58. The first-order valence-electron chi connectivity index (χ1n) is 5.66. The van der Waals surface area contributed by atoms with Crippen LogP contribution in [0.25, 0.3) is 0 Å². The topological polar surface area (TPSA) is 37.4 Å². The van der Waals surface area contributed by atoms with Crippen molar-refractivity contribution in [1.82, 2.24) is 15.2 Å². The molecule has 0 aliphatic carbocycles. The molecule has 2 unspecified atom stereocenters. The maximum Gasteiger partial charge on any atom is 0.0852 e. The van der Waals surface area contributed by atoms with Gasteiger partial charge in [-0.25, -0.2) is 4.98 Å². The van der Waals surface area contributed by atoms with Crippen molar-refractivity contribution in [1.29, 1.82) is 0 Å². The zero-order valence-corrected chi connectivity index (χ0v) is 10.7. The molecule has 1 aromatic heterocycles. The molecule has 1 fully saturated rings. The number of hydrogen-bond donors (Lipinski definition) is 1. The molecule has 0 amide bonds. The number of aromatic nitrogens is 1. The van der Waals surface area contributed by atoms with Gasteiger partial charge in [-0.3, -0.25) is 0 Å². The van der Waals surface area contributed by atoms with Gasteiger partial charge >= 0.3 is 0 Å². The fraction of sp³-hybridized carbons (Fsp3) is 0.727. The summed E-state index contributed by atoms with van der Waals surface area (Å²) in [5, 5.41) is 5.54. The van der Waals surface area contributed by atoms with Crippen molar-refractivity contribution in [3.05, 3.63) is 16.6 Å². The molecule has 0 spiro atoms. The van der Waals surface area contributed by atoms with E-state index < -0.39 is 0 Å². The van der Waals surface area contributed by atoms with Gasteiger partial charge in [0.25, 0.3) is 0 Å². The first-order chi connectivity index (χ1) is 7.75. The minimum Gasteiger partial charge on any atom is -0.374 e. The van der Waals surface area contributed by atoms with Gasteiger partial charge in [-0.15, -0.1) is 11.3 Å². The third kappa shape index (κ3) is 3.25. The van der Waals surface area contributed by atoms with Gasteiger partial charge in [0.05, 0.1) is 23.9 Å². The molecule has 0 saturated carbocycles. The summed E-state index contributed by atoms with van der Waals surface area (Å²) in [7, 11) is 2.14. The van der Waals surface area contributed by atoms with E-state index in [-0.39, 0.29) is 6.10 Å². The zero-order valence-electron chi connectivity index (χ0n) is 9.85.